The van der Waals surface area contributed by atoms with Crippen LogP contribution in [0.2, 0.25) is 0 Å². The number of rotatable bonds is 11. The number of nitrogens with zero attached hydrogens (tertiary/aromatic N) is 2. The standard InChI is InChI=1S/C18H38N4O/c1-6-19-18(20-12-15(4)22(5)17-7-8-17)21-13-16(9-10-23)11-14(2)3/h14-17,23H,6-13H2,1-5H3,(H2,19,20,21). The first-order chi connectivity index (χ1) is 11.0. The Morgan fingerprint density at radius 3 is 2.48 bits per heavy atom. The number of aliphatic hydroxyl groups excluding tert-OH is 1. The summed E-state index contributed by atoms with van der Waals surface area (Å²) in [6, 6.07) is 1.29. The average Bonchev–Trinajstić information content (AvgIpc) is 3.33. The molecule has 0 aromatic carbocycles. The van der Waals surface area contributed by atoms with E-state index in [4.69, 9.17) is 4.99 Å². The monoisotopic (exact) mass is 326 g/mol. The highest BCUT2D eigenvalue weighted by molar-refractivity contribution is 5.79. The van der Waals surface area contributed by atoms with E-state index in [9.17, 15) is 5.11 Å². The van der Waals surface area contributed by atoms with E-state index >= 15 is 0 Å². The molecule has 0 aromatic rings. The molecule has 1 rings (SSSR count). The lowest BCUT2D eigenvalue weighted by Crippen LogP contribution is -2.45. The Labute approximate surface area is 142 Å². The van der Waals surface area contributed by atoms with E-state index in [0.717, 1.165) is 44.5 Å². The van der Waals surface area contributed by atoms with Crippen molar-refractivity contribution in [3.8, 4) is 0 Å². The fourth-order valence-electron chi connectivity index (χ4n) is 2.93. The van der Waals surface area contributed by atoms with Crippen molar-refractivity contribution in [1.29, 1.82) is 0 Å². The third-order valence-corrected chi connectivity index (χ3v) is 4.58. The van der Waals surface area contributed by atoms with Gasteiger partial charge in [-0.15, -0.1) is 0 Å². The van der Waals surface area contributed by atoms with Gasteiger partial charge in [-0.2, -0.15) is 0 Å². The van der Waals surface area contributed by atoms with Crippen molar-refractivity contribution in [2.45, 2.75) is 65.5 Å². The van der Waals surface area contributed by atoms with Gasteiger partial charge >= 0.3 is 0 Å². The van der Waals surface area contributed by atoms with Gasteiger partial charge < -0.3 is 15.7 Å². The van der Waals surface area contributed by atoms with Crippen LogP contribution in [0.3, 0.4) is 0 Å². The zero-order valence-electron chi connectivity index (χ0n) is 15.8. The number of aliphatic imine (C=N–C) groups is 1. The fraction of sp³-hybridized carbons (Fsp3) is 0.944. The smallest absolute Gasteiger partial charge is 0.191 e. The van der Waals surface area contributed by atoms with Crippen LogP contribution in [-0.4, -0.2) is 61.3 Å². The Hall–Kier alpha value is -0.810. The first-order valence-corrected chi connectivity index (χ1v) is 9.32. The zero-order valence-corrected chi connectivity index (χ0v) is 15.8. The minimum atomic E-state index is 0.250. The minimum absolute atomic E-state index is 0.250. The van der Waals surface area contributed by atoms with E-state index in [2.05, 4.69) is 50.3 Å². The molecule has 23 heavy (non-hydrogen) atoms. The predicted octanol–water partition coefficient (Wildman–Crippen LogP) is 2.07. The summed E-state index contributed by atoms with van der Waals surface area (Å²) in [6.07, 6.45) is 4.63. The van der Waals surface area contributed by atoms with Crippen LogP contribution in [0.1, 0.15) is 53.4 Å². The maximum atomic E-state index is 9.23. The van der Waals surface area contributed by atoms with E-state index in [1.165, 1.54) is 12.8 Å². The third-order valence-electron chi connectivity index (χ3n) is 4.58. The van der Waals surface area contributed by atoms with Crippen molar-refractivity contribution in [3.63, 3.8) is 0 Å². The van der Waals surface area contributed by atoms with Crippen LogP contribution in [0.4, 0.5) is 0 Å². The van der Waals surface area contributed by atoms with Crippen LogP contribution in [0.15, 0.2) is 4.99 Å². The zero-order chi connectivity index (χ0) is 17.2. The second-order valence-electron chi connectivity index (χ2n) is 7.35. The number of likely N-dealkylation sites (N-methyl/N-ethyl adjacent to an activating group) is 1. The van der Waals surface area contributed by atoms with E-state index in [1.54, 1.807) is 0 Å². The second kappa shape index (κ2) is 10.9. The Balaban J connectivity index is 2.46. The van der Waals surface area contributed by atoms with Gasteiger partial charge in [-0.3, -0.25) is 9.89 Å². The molecule has 5 nitrogen and oxygen atoms in total. The molecule has 136 valence electrons. The van der Waals surface area contributed by atoms with Crippen molar-refractivity contribution in [2.24, 2.45) is 16.8 Å². The largest absolute Gasteiger partial charge is 0.396 e. The van der Waals surface area contributed by atoms with Crippen molar-refractivity contribution in [3.05, 3.63) is 0 Å². The first kappa shape index (κ1) is 20.2. The molecule has 2 atom stereocenters. The quantitative estimate of drug-likeness (QED) is 0.402. The molecule has 0 saturated heterocycles. The van der Waals surface area contributed by atoms with Gasteiger partial charge in [0.15, 0.2) is 5.96 Å². The Bertz CT molecular complexity index is 342. The van der Waals surface area contributed by atoms with E-state index < -0.39 is 0 Å². The van der Waals surface area contributed by atoms with E-state index in [0.29, 0.717) is 17.9 Å². The molecule has 0 amide bonds. The molecule has 0 radical (unpaired) electrons. The molecule has 0 aliphatic heterocycles. The molecule has 1 aliphatic carbocycles. The van der Waals surface area contributed by atoms with Gasteiger partial charge in [-0.05, 0) is 58.4 Å². The summed E-state index contributed by atoms with van der Waals surface area (Å²) in [5.74, 6) is 2.00. The second-order valence-corrected chi connectivity index (χ2v) is 7.35. The highest BCUT2D eigenvalue weighted by atomic mass is 16.3. The number of aliphatic hydroxyl groups is 1. The summed E-state index contributed by atoms with van der Waals surface area (Å²) < 4.78 is 0. The highest BCUT2D eigenvalue weighted by Crippen LogP contribution is 2.26. The molecule has 3 N–H and O–H groups in total. The fourth-order valence-corrected chi connectivity index (χ4v) is 2.93. The summed E-state index contributed by atoms with van der Waals surface area (Å²) in [5, 5.41) is 16.0. The molecule has 1 aliphatic rings. The summed E-state index contributed by atoms with van der Waals surface area (Å²) in [6.45, 7) is 11.6. The minimum Gasteiger partial charge on any atom is -0.396 e. The Morgan fingerprint density at radius 2 is 1.96 bits per heavy atom. The van der Waals surface area contributed by atoms with Crippen LogP contribution >= 0.6 is 0 Å². The molecular weight excluding hydrogens is 288 g/mol. The molecule has 5 heteroatoms. The molecule has 0 heterocycles. The summed E-state index contributed by atoms with van der Waals surface area (Å²) in [5.41, 5.74) is 0. The molecule has 1 saturated carbocycles. The highest BCUT2D eigenvalue weighted by Gasteiger charge is 2.28. The van der Waals surface area contributed by atoms with Gasteiger partial charge in [-0.25, -0.2) is 0 Å². The van der Waals surface area contributed by atoms with E-state index in [-0.39, 0.29) is 6.61 Å². The summed E-state index contributed by atoms with van der Waals surface area (Å²) in [7, 11) is 2.22. The SMILES string of the molecule is CCNC(=NCC(CCO)CC(C)C)NCC(C)N(C)C1CC1. The molecule has 0 aromatic heterocycles. The molecule has 0 spiro atoms. The van der Waals surface area contributed by atoms with Crippen molar-refractivity contribution < 1.29 is 5.11 Å². The molecule has 1 fully saturated rings. The van der Waals surface area contributed by atoms with Gasteiger partial charge in [0, 0.05) is 38.3 Å². The topological polar surface area (TPSA) is 59.9 Å². The lowest BCUT2D eigenvalue weighted by Gasteiger charge is -2.25. The van der Waals surface area contributed by atoms with Crippen molar-refractivity contribution >= 4 is 5.96 Å². The van der Waals surface area contributed by atoms with Crippen LogP contribution in [0.25, 0.3) is 0 Å². The van der Waals surface area contributed by atoms with Crippen molar-refractivity contribution in [2.75, 3.05) is 33.3 Å². The maximum absolute atomic E-state index is 9.23. The number of hydrogen-bond donors (Lipinski definition) is 3. The average molecular weight is 327 g/mol. The normalized spacial score (nSPS) is 18.3. The van der Waals surface area contributed by atoms with Gasteiger partial charge in [0.2, 0.25) is 0 Å². The summed E-state index contributed by atoms with van der Waals surface area (Å²) >= 11 is 0. The van der Waals surface area contributed by atoms with Gasteiger partial charge in [0.1, 0.15) is 0 Å². The lowest BCUT2D eigenvalue weighted by atomic mass is 9.94. The number of nitrogens with one attached hydrogen (secondary N) is 2. The maximum Gasteiger partial charge on any atom is 0.191 e. The molecule has 2 unspecified atom stereocenters. The lowest BCUT2D eigenvalue weighted by molar-refractivity contribution is 0.244. The van der Waals surface area contributed by atoms with Crippen LogP contribution < -0.4 is 10.6 Å². The molecular formula is C18H38N4O. The number of hydrogen-bond acceptors (Lipinski definition) is 3. The Morgan fingerprint density at radius 1 is 1.26 bits per heavy atom. The van der Waals surface area contributed by atoms with Gasteiger partial charge in [-0.1, -0.05) is 13.8 Å². The number of guanidine groups is 1. The van der Waals surface area contributed by atoms with E-state index in [1.807, 2.05) is 0 Å². The third kappa shape index (κ3) is 8.56. The molecule has 0 bridgehead atoms. The first-order valence-electron chi connectivity index (χ1n) is 9.32. The van der Waals surface area contributed by atoms with Gasteiger partial charge in [0.25, 0.3) is 0 Å². The van der Waals surface area contributed by atoms with Crippen LogP contribution in [-0.2, 0) is 0 Å². The van der Waals surface area contributed by atoms with Crippen molar-refractivity contribution in [1.82, 2.24) is 15.5 Å². The van der Waals surface area contributed by atoms with Crippen LogP contribution in [0.5, 0.6) is 0 Å². The van der Waals surface area contributed by atoms with Crippen LogP contribution in [0, 0.1) is 11.8 Å². The van der Waals surface area contributed by atoms with Gasteiger partial charge in [0.05, 0.1) is 0 Å². The predicted molar refractivity (Wildman–Crippen MR) is 98.9 cm³/mol. The Kier molecular flexibility index (Phi) is 9.56. The summed E-state index contributed by atoms with van der Waals surface area (Å²) in [4.78, 5) is 7.20.